The Balaban J connectivity index is 1.82. The third-order valence-corrected chi connectivity index (χ3v) is 7.46. The summed E-state index contributed by atoms with van der Waals surface area (Å²) < 4.78 is 31.9. The molecule has 3 N–H and O–H groups in total. The second kappa shape index (κ2) is 15.1. The SMILES string of the molecule is CCCS(=O)(=O)Nc1cc(C(=O)N[C@@H](CCC(=O)O)C(=O)N2CCN(OC(=O)OCC)CC2)nc(-c2ccccc2)n1. The topological polar surface area (TPSA) is 197 Å². The van der Waals surface area contributed by atoms with Gasteiger partial charge in [0.2, 0.25) is 15.9 Å². The molecule has 2 aromatic rings. The summed E-state index contributed by atoms with van der Waals surface area (Å²) in [6.45, 7) is 4.14. The highest BCUT2D eigenvalue weighted by molar-refractivity contribution is 7.92. The van der Waals surface area contributed by atoms with E-state index in [-0.39, 0.29) is 62.3 Å². The van der Waals surface area contributed by atoms with Crippen molar-refractivity contribution >= 4 is 39.8 Å². The molecule has 0 spiro atoms. The molecule has 228 valence electrons. The van der Waals surface area contributed by atoms with Crippen LogP contribution in [0.15, 0.2) is 36.4 Å². The summed E-state index contributed by atoms with van der Waals surface area (Å²) in [5.74, 6) is -2.73. The number of hydroxylamine groups is 2. The van der Waals surface area contributed by atoms with Crippen LogP contribution in [0.25, 0.3) is 11.4 Å². The molecule has 0 bridgehead atoms. The first-order chi connectivity index (χ1) is 20.0. The number of carbonyl (C=O) groups excluding carboxylic acids is 3. The van der Waals surface area contributed by atoms with E-state index >= 15 is 0 Å². The molecule has 42 heavy (non-hydrogen) atoms. The van der Waals surface area contributed by atoms with Crippen molar-refractivity contribution in [2.45, 2.75) is 39.2 Å². The Hall–Kier alpha value is -4.31. The number of carboxylic acids is 1. The number of aromatic nitrogens is 2. The number of hydrogen-bond acceptors (Lipinski definition) is 11. The second-order valence-corrected chi connectivity index (χ2v) is 11.1. The van der Waals surface area contributed by atoms with Crippen molar-refractivity contribution in [3.05, 3.63) is 42.1 Å². The maximum Gasteiger partial charge on any atom is 0.527 e. The number of ether oxygens (including phenoxy) is 1. The van der Waals surface area contributed by atoms with Crippen molar-refractivity contribution < 1.29 is 42.3 Å². The van der Waals surface area contributed by atoms with Gasteiger partial charge in [0.25, 0.3) is 5.91 Å². The molecule has 3 rings (SSSR count). The van der Waals surface area contributed by atoms with E-state index in [2.05, 4.69) is 20.0 Å². The van der Waals surface area contributed by atoms with Gasteiger partial charge in [0.05, 0.1) is 25.4 Å². The lowest BCUT2D eigenvalue weighted by molar-refractivity contribution is -0.157. The number of anilines is 1. The third kappa shape index (κ3) is 9.66. The number of carboxylic acid groups (broad SMARTS) is 1. The summed E-state index contributed by atoms with van der Waals surface area (Å²) in [6, 6.07) is 8.53. The van der Waals surface area contributed by atoms with Crippen LogP contribution in [0, 0.1) is 0 Å². The van der Waals surface area contributed by atoms with E-state index in [1.165, 1.54) is 9.96 Å². The molecule has 1 saturated heterocycles. The smallest absolute Gasteiger partial charge is 0.481 e. The van der Waals surface area contributed by atoms with Crippen LogP contribution in [0.2, 0.25) is 0 Å². The van der Waals surface area contributed by atoms with Crippen LogP contribution in [0.1, 0.15) is 43.6 Å². The van der Waals surface area contributed by atoms with Crippen LogP contribution in [-0.2, 0) is 29.2 Å². The monoisotopic (exact) mass is 606 g/mol. The number of amides is 2. The number of benzene rings is 1. The van der Waals surface area contributed by atoms with Crippen molar-refractivity contribution in [3.8, 4) is 11.4 Å². The summed E-state index contributed by atoms with van der Waals surface area (Å²) in [6.07, 6.45) is -1.11. The minimum Gasteiger partial charge on any atom is -0.481 e. The normalized spacial score (nSPS) is 14.5. The molecule has 2 amide bonds. The van der Waals surface area contributed by atoms with Gasteiger partial charge in [0.1, 0.15) is 17.6 Å². The summed E-state index contributed by atoms with van der Waals surface area (Å²) >= 11 is 0. The van der Waals surface area contributed by atoms with Crippen LogP contribution in [0.5, 0.6) is 0 Å². The van der Waals surface area contributed by atoms with E-state index in [1.54, 1.807) is 44.2 Å². The van der Waals surface area contributed by atoms with Crippen molar-refractivity contribution in [2.75, 3.05) is 43.3 Å². The number of sulfonamides is 1. The van der Waals surface area contributed by atoms with Crippen LogP contribution in [-0.4, -0.2) is 102 Å². The quantitative estimate of drug-likeness (QED) is 0.278. The molecule has 1 aliphatic rings. The summed E-state index contributed by atoms with van der Waals surface area (Å²) in [5.41, 5.74) is 0.295. The van der Waals surface area contributed by atoms with Gasteiger partial charge >= 0.3 is 12.1 Å². The molecule has 2 heterocycles. The average molecular weight is 607 g/mol. The highest BCUT2D eigenvalue weighted by Crippen LogP contribution is 2.19. The van der Waals surface area contributed by atoms with Crippen molar-refractivity contribution in [1.82, 2.24) is 25.2 Å². The Bertz CT molecular complexity index is 1370. The first kappa shape index (κ1) is 32.2. The average Bonchev–Trinajstić information content (AvgIpc) is 2.95. The molecule has 1 fully saturated rings. The molecule has 1 atom stereocenters. The van der Waals surface area contributed by atoms with Gasteiger partial charge in [-0.2, -0.15) is 0 Å². The lowest BCUT2D eigenvalue weighted by atomic mass is 10.1. The maximum atomic E-state index is 13.4. The number of nitrogens with zero attached hydrogens (tertiary/aromatic N) is 4. The molecule has 0 unspecified atom stereocenters. The zero-order chi connectivity index (χ0) is 30.7. The van der Waals surface area contributed by atoms with Gasteiger partial charge in [0.15, 0.2) is 5.82 Å². The standard InChI is InChI=1S/C26H34N6O9S/c1-3-16-42(38,39)30-21-17-20(27-23(29-21)18-8-6-5-7-9-18)24(35)28-19(10-11-22(33)34)25(36)31-12-14-32(15-13-31)41-26(37)40-4-2/h5-9,17,19H,3-4,10-16H2,1-2H3,(H,28,35)(H,33,34)(H,27,29,30)/t19-/m0/s1. The summed E-state index contributed by atoms with van der Waals surface area (Å²) in [5, 5.41) is 13.1. The number of piperazine rings is 1. The Labute approximate surface area is 243 Å². The molecule has 1 aliphatic heterocycles. The molecular weight excluding hydrogens is 572 g/mol. The lowest BCUT2D eigenvalue weighted by Crippen LogP contribution is -2.55. The molecule has 0 saturated carbocycles. The molecule has 15 nitrogen and oxygen atoms in total. The number of rotatable bonds is 13. The summed E-state index contributed by atoms with van der Waals surface area (Å²) in [4.78, 5) is 64.6. The molecular formula is C26H34N6O9S. The van der Waals surface area contributed by atoms with Crippen molar-refractivity contribution in [3.63, 3.8) is 0 Å². The fourth-order valence-electron chi connectivity index (χ4n) is 4.04. The first-order valence-electron chi connectivity index (χ1n) is 13.4. The summed E-state index contributed by atoms with van der Waals surface area (Å²) in [7, 11) is -3.75. The number of hydrogen-bond donors (Lipinski definition) is 3. The maximum absolute atomic E-state index is 13.4. The molecule has 0 aliphatic carbocycles. The largest absolute Gasteiger partial charge is 0.527 e. The van der Waals surface area contributed by atoms with Gasteiger partial charge in [-0.15, -0.1) is 5.06 Å². The second-order valence-electron chi connectivity index (χ2n) is 9.24. The fraction of sp³-hybridized carbons (Fsp3) is 0.462. The number of carbonyl (C=O) groups is 4. The van der Waals surface area contributed by atoms with Gasteiger partial charge in [-0.1, -0.05) is 37.3 Å². The van der Waals surface area contributed by atoms with Crippen LogP contribution < -0.4 is 10.0 Å². The predicted octanol–water partition coefficient (Wildman–Crippen LogP) is 1.49. The minimum absolute atomic E-state index is 0.0728. The fourth-order valence-corrected chi connectivity index (χ4v) is 5.10. The van der Waals surface area contributed by atoms with E-state index in [0.717, 1.165) is 6.07 Å². The molecule has 16 heteroatoms. The highest BCUT2D eigenvalue weighted by atomic mass is 32.2. The zero-order valence-electron chi connectivity index (χ0n) is 23.3. The van der Waals surface area contributed by atoms with E-state index in [9.17, 15) is 32.7 Å². The highest BCUT2D eigenvalue weighted by Gasteiger charge is 2.31. The molecule has 1 aromatic carbocycles. The van der Waals surface area contributed by atoms with E-state index in [0.29, 0.717) is 12.0 Å². The first-order valence-corrected chi connectivity index (χ1v) is 15.0. The Kier molecular flexibility index (Phi) is 11.6. The predicted molar refractivity (Wildman–Crippen MR) is 150 cm³/mol. The zero-order valence-corrected chi connectivity index (χ0v) is 24.1. The molecule has 0 radical (unpaired) electrons. The Morgan fingerprint density at radius 3 is 2.36 bits per heavy atom. The third-order valence-electron chi connectivity index (χ3n) is 5.99. The number of nitrogens with one attached hydrogen (secondary N) is 2. The minimum atomic E-state index is -3.75. The van der Waals surface area contributed by atoms with Gasteiger partial charge in [-0.3, -0.25) is 19.1 Å². The Morgan fingerprint density at radius 1 is 1.05 bits per heavy atom. The Morgan fingerprint density at radius 2 is 1.74 bits per heavy atom. The van der Waals surface area contributed by atoms with Gasteiger partial charge < -0.3 is 24.9 Å². The van der Waals surface area contributed by atoms with Crippen molar-refractivity contribution in [2.24, 2.45) is 0 Å². The van der Waals surface area contributed by atoms with Gasteiger partial charge in [0, 0.05) is 31.1 Å². The molecule has 1 aromatic heterocycles. The van der Waals surface area contributed by atoms with Gasteiger partial charge in [-0.25, -0.2) is 23.2 Å². The lowest BCUT2D eigenvalue weighted by Gasteiger charge is -2.35. The number of aliphatic carboxylic acids is 1. The van der Waals surface area contributed by atoms with Crippen molar-refractivity contribution in [1.29, 1.82) is 0 Å². The van der Waals surface area contributed by atoms with Crippen LogP contribution in [0.3, 0.4) is 0 Å². The van der Waals surface area contributed by atoms with E-state index in [4.69, 9.17) is 9.57 Å². The van der Waals surface area contributed by atoms with Crippen LogP contribution >= 0.6 is 0 Å². The van der Waals surface area contributed by atoms with E-state index in [1.807, 2.05) is 0 Å². The van der Waals surface area contributed by atoms with Crippen LogP contribution in [0.4, 0.5) is 10.6 Å². The van der Waals surface area contributed by atoms with Gasteiger partial charge in [-0.05, 0) is 19.8 Å². The van der Waals surface area contributed by atoms with E-state index < -0.39 is 46.4 Å².